The Morgan fingerprint density at radius 2 is 2.24 bits per heavy atom. The van der Waals surface area contributed by atoms with E-state index < -0.39 is 4.92 Å². The summed E-state index contributed by atoms with van der Waals surface area (Å²) in [4.78, 5) is 18.1. The number of hydrogen-bond acceptors (Lipinski definition) is 7. The largest absolute Gasteiger partial charge is 0.433 e. The number of nitrogens with one attached hydrogen (secondary N) is 1. The van der Waals surface area contributed by atoms with Crippen LogP contribution in [0.2, 0.25) is 0 Å². The number of nitro groups is 1. The van der Waals surface area contributed by atoms with Crippen molar-refractivity contribution in [2.45, 2.75) is 6.92 Å². The number of benzene rings is 1. The minimum absolute atomic E-state index is 0.183. The van der Waals surface area contributed by atoms with Gasteiger partial charge in [0, 0.05) is 7.05 Å². The Morgan fingerprint density at radius 1 is 1.48 bits per heavy atom. The molecule has 0 aliphatic rings. The molecule has 1 N–H and O–H groups in total. The zero-order valence-corrected chi connectivity index (χ0v) is 11.3. The van der Waals surface area contributed by atoms with Crippen molar-refractivity contribution >= 4 is 11.6 Å². The number of anilines is 1. The molecule has 106 valence electrons. The van der Waals surface area contributed by atoms with Gasteiger partial charge in [-0.25, -0.2) is 4.98 Å². The minimum Gasteiger partial charge on any atom is -0.433 e. The second-order valence-corrected chi connectivity index (χ2v) is 4.09. The number of rotatable bonds is 4. The molecule has 0 aliphatic carbocycles. The molecule has 1 aromatic heterocycles. The van der Waals surface area contributed by atoms with Crippen LogP contribution in [-0.2, 0) is 0 Å². The highest BCUT2D eigenvalue weighted by atomic mass is 16.6. The second kappa shape index (κ2) is 5.83. The molecule has 0 bridgehead atoms. The van der Waals surface area contributed by atoms with E-state index in [9.17, 15) is 10.1 Å². The third-order valence-electron chi connectivity index (χ3n) is 2.68. The van der Waals surface area contributed by atoms with Crippen molar-refractivity contribution in [2.75, 3.05) is 12.4 Å². The molecule has 2 aromatic rings. The van der Waals surface area contributed by atoms with E-state index in [1.54, 1.807) is 26.1 Å². The van der Waals surface area contributed by atoms with Gasteiger partial charge >= 0.3 is 11.6 Å². The van der Waals surface area contributed by atoms with E-state index in [0.717, 1.165) is 11.8 Å². The van der Waals surface area contributed by atoms with E-state index in [2.05, 4.69) is 15.3 Å². The van der Waals surface area contributed by atoms with Crippen molar-refractivity contribution in [3.05, 3.63) is 45.6 Å². The zero-order valence-electron chi connectivity index (χ0n) is 11.3. The van der Waals surface area contributed by atoms with Crippen LogP contribution in [0.1, 0.15) is 11.1 Å². The predicted molar refractivity (Wildman–Crippen MR) is 74.2 cm³/mol. The lowest BCUT2D eigenvalue weighted by Gasteiger charge is -2.09. The fourth-order valence-electron chi connectivity index (χ4n) is 1.56. The number of hydrogen-bond donors (Lipinski definition) is 1. The first-order chi connectivity index (χ1) is 10.0. The Hall–Kier alpha value is -3.21. The van der Waals surface area contributed by atoms with Crippen LogP contribution in [0.4, 0.5) is 11.6 Å². The van der Waals surface area contributed by atoms with Gasteiger partial charge in [0.15, 0.2) is 0 Å². The Morgan fingerprint density at radius 3 is 2.86 bits per heavy atom. The SMILES string of the molecule is CNc1ncc([N+](=O)[O-])c(Oc2cc(C#N)ccc2C)n1. The van der Waals surface area contributed by atoms with E-state index in [1.807, 2.05) is 6.07 Å². The van der Waals surface area contributed by atoms with Gasteiger partial charge in [-0.3, -0.25) is 10.1 Å². The van der Waals surface area contributed by atoms with Gasteiger partial charge in [-0.1, -0.05) is 6.07 Å². The van der Waals surface area contributed by atoms with Crippen molar-refractivity contribution in [1.29, 1.82) is 5.26 Å². The number of aromatic nitrogens is 2. The monoisotopic (exact) mass is 285 g/mol. The van der Waals surface area contributed by atoms with E-state index in [-0.39, 0.29) is 17.5 Å². The molecule has 0 amide bonds. The molecule has 0 fully saturated rings. The van der Waals surface area contributed by atoms with Crippen LogP contribution in [-0.4, -0.2) is 21.9 Å². The fraction of sp³-hybridized carbons (Fsp3) is 0.154. The summed E-state index contributed by atoms with van der Waals surface area (Å²) >= 11 is 0. The van der Waals surface area contributed by atoms with Crippen molar-refractivity contribution < 1.29 is 9.66 Å². The van der Waals surface area contributed by atoms with Crippen LogP contribution in [0.5, 0.6) is 11.6 Å². The first-order valence-electron chi connectivity index (χ1n) is 5.93. The molecule has 0 saturated heterocycles. The average Bonchev–Trinajstić information content (AvgIpc) is 2.49. The Balaban J connectivity index is 2.47. The number of nitrogens with zero attached hydrogens (tertiary/aromatic N) is 4. The summed E-state index contributed by atoms with van der Waals surface area (Å²) in [6.45, 7) is 1.77. The van der Waals surface area contributed by atoms with Crippen molar-refractivity contribution in [3.8, 4) is 17.7 Å². The van der Waals surface area contributed by atoms with Gasteiger partial charge in [0.25, 0.3) is 0 Å². The normalized spacial score (nSPS) is 9.76. The highest BCUT2D eigenvalue weighted by Gasteiger charge is 2.20. The molecule has 21 heavy (non-hydrogen) atoms. The molecule has 0 unspecified atom stereocenters. The van der Waals surface area contributed by atoms with Gasteiger partial charge in [-0.2, -0.15) is 10.2 Å². The van der Waals surface area contributed by atoms with Crippen LogP contribution in [0.25, 0.3) is 0 Å². The number of ether oxygens (including phenoxy) is 1. The maximum Gasteiger partial charge on any atom is 0.349 e. The van der Waals surface area contributed by atoms with Crippen molar-refractivity contribution in [2.24, 2.45) is 0 Å². The van der Waals surface area contributed by atoms with Crippen LogP contribution < -0.4 is 10.1 Å². The number of nitriles is 1. The standard InChI is InChI=1S/C13H11N5O3/c1-8-3-4-9(6-14)5-11(8)21-12-10(18(19)20)7-16-13(15-2)17-12/h3-5,7H,1-2H3,(H,15,16,17). The average molecular weight is 285 g/mol. The lowest BCUT2D eigenvalue weighted by atomic mass is 10.1. The van der Waals surface area contributed by atoms with Crippen LogP contribution in [0, 0.1) is 28.4 Å². The van der Waals surface area contributed by atoms with Gasteiger partial charge in [0.2, 0.25) is 5.95 Å². The molecule has 0 spiro atoms. The molecular weight excluding hydrogens is 274 g/mol. The van der Waals surface area contributed by atoms with Gasteiger partial charge in [-0.15, -0.1) is 0 Å². The van der Waals surface area contributed by atoms with Crippen LogP contribution in [0.3, 0.4) is 0 Å². The quantitative estimate of drug-likeness (QED) is 0.677. The summed E-state index contributed by atoms with van der Waals surface area (Å²) in [6, 6.07) is 6.81. The lowest BCUT2D eigenvalue weighted by Crippen LogP contribution is -2.02. The second-order valence-electron chi connectivity index (χ2n) is 4.09. The van der Waals surface area contributed by atoms with Gasteiger partial charge in [0.1, 0.15) is 11.9 Å². The first kappa shape index (κ1) is 14.2. The lowest BCUT2D eigenvalue weighted by molar-refractivity contribution is -0.386. The zero-order chi connectivity index (χ0) is 15.4. The van der Waals surface area contributed by atoms with Crippen LogP contribution >= 0.6 is 0 Å². The van der Waals surface area contributed by atoms with Crippen molar-refractivity contribution in [1.82, 2.24) is 9.97 Å². The summed E-state index contributed by atoms with van der Waals surface area (Å²) in [5.41, 5.74) is 0.768. The van der Waals surface area contributed by atoms with Crippen LogP contribution in [0.15, 0.2) is 24.4 Å². The molecule has 8 heteroatoms. The molecule has 0 atom stereocenters. The summed E-state index contributed by atoms with van der Waals surface area (Å²) in [5, 5.41) is 22.6. The Bertz CT molecular complexity index is 739. The first-order valence-corrected chi connectivity index (χ1v) is 5.93. The molecule has 1 aromatic carbocycles. The van der Waals surface area contributed by atoms with E-state index in [4.69, 9.17) is 10.00 Å². The van der Waals surface area contributed by atoms with E-state index in [0.29, 0.717) is 11.3 Å². The summed E-state index contributed by atoms with van der Waals surface area (Å²) in [7, 11) is 1.59. The number of aryl methyl sites for hydroxylation is 1. The highest BCUT2D eigenvalue weighted by Crippen LogP contribution is 2.31. The molecule has 2 rings (SSSR count). The maximum absolute atomic E-state index is 11.0. The Kier molecular flexibility index (Phi) is 3.95. The van der Waals surface area contributed by atoms with Gasteiger partial charge < -0.3 is 10.1 Å². The topological polar surface area (TPSA) is 114 Å². The highest BCUT2D eigenvalue weighted by molar-refractivity contribution is 5.48. The molecule has 0 radical (unpaired) electrons. The van der Waals surface area contributed by atoms with E-state index >= 15 is 0 Å². The molecular formula is C13H11N5O3. The third kappa shape index (κ3) is 3.03. The molecule has 1 heterocycles. The summed E-state index contributed by atoms with van der Waals surface area (Å²) in [5.74, 6) is 0.347. The summed E-state index contributed by atoms with van der Waals surface area (Å²) in [6.07, 6.45) is 1.07. The predicted octanol–water partition coefficient (Wildman–Crippen LogP) is 2.40. The van der Waals surface area contributed by atoms with Gasteiger partial charge in [-0.05, 0) is 24.6 Å². The third-order valence-corrected chi connectivity index (χ3v) is 2.68. The molecule has 0 aliphatic heterocycles. The molecule has 8 nitrogen and oxygen atoms in total. The summed E-state index contributed by atoms with van der Waals surface area (Å²) < 4.78 is 5.50. The van der Waals surface area contributed by atoms with Crippen molar-refractivity contribution in [3.63, 3.8) is 0 Å². The van der Waals surface area contributed by atoms with Gasteiger partial charge in [0.05, 0.1) is 16.6 Å². The minimum atomic E-state index is -0.627. The maximum atomic E-state index is 11.0. The van der Waals surface area contributed by atoms with E-state index in [1.165, 1.54) is 6.07 Å². The Labute approximate surface area is 120 Å². The fourth-order valence-corrected chi connectivity index (χ4v) is 1.56. The molecule has 0 saturated carbocycles. The smallest absolute Gasteiger partial charge is 0.349 e.